The molecule has 1 atom stereocenters. The Hall–Kier alpha value is -1.85. The van der Waals surface area contributed by atoms with Gasteiger partial charge in [-0.1, -0.05) is 6.07 Å². The first-order chi connectivity index (χ1) is 10.8. The van der Waals surface area contributed by atoms with Gasteiger partial charge in [0.25, 0.3) is 0 Å². The normalized spacial score (nSPS) is 18.7. The van der Waals surface area contributed by atoms with Crippen molar-refractivity contribution in [2.75, 3.05) is 26.7 Å². The third-order valence-electron chi connectivity index (χ3n) is 4.35. The molecule has 2 aromatic rings. The fourth-order valence-electron chi connectivity index (χ4n) is 3.13. The summed E-state index contributed by atoms with van der Waals surface area (Å²) in [4.78, 5) is 2.48. The Balaban J connectivity index is 1.72. The number of aromatic nitrogens is 2. The molecule has 0 amide bonds. The second-order valence-electron chi connectivity index (χ2n) is 5.98. The van der Waals surface area contributed by atoms with E-state index in [1.165, 1.54) is 17.5 Å². The largest absolute Gasteiger partial charge is 0.496 e. The molecule has 0 aliphatic carbocycles. The van der Waals surface area contributed by atoms with Crippen LogP contribution in [0.5, 0.6) is 5.75 Å². The lowest BCUT2D eigenvalue weighted by atomic mass is 10.1. The molecule has 0 radical (unpaired) electrons. The third kappa shape index (κ3) is 3.48. The fourth-order valence-corrected chi connectivity index (χ4v) is 3.13. The minimum atomic E-state index is 0.654. The standard InChI is InChI=1S/C17H24N4O/c1-22-17-4-3-14(11-20-8-5-15(10-18)12-20)9-16(17)13-21-7-2-6-19-21/h2-4,6-7,9,15H,5,8,10-13,18H2,1H3/t15-/m0/s1. The van der Waals surface area contributed by atoms with Crippen molar-refractivity contribution in [1.82, 2.24) is 14.7 Å². The van der Waals surface area contributed by atoms with Crippen molar-refractivity contribution in [1.29, 1.82) is 0 Å². The molecular formula is C17H24N4O. The van der Waals surface area contributed by atoms with E-state index in [4.69, 9.17) is 10.5 Å². The summed E-state index contributed by atoms with van der Waals surface area (Å²) in [5.74, 6) is 1.57. The zero-order valence-corrected chi connectivity index (χ0v) is 13.1. The number of methoxy groups -OCH3 is 1. The smallest absolute Gasteiger partial charge is 0.123 e. The van der Waals surface area contributed by atoms with Crippen LogP contribution in [-0.2, 0) is 13.1 Å². The molecule has 0 unspecified atom stereocenters. The van der Waals surface area contributed by atoms with Crippen LogP contribution in [0.3, 0.4) is 0 Å². The third-order valence-corrected chi connectivity index (χ3v) is 4.35. The molecule has 2 heterocycles. The van der Waals surface area contributed by atoms with Crippen molar-refractivity contribution >= 4 is 0 Å². The van der Waals surface area contributed by atoms with Crippen molar-refractivity contribution in [3.63, 3.8) is 0 Å². The number of benzene rings is 1. The average molecular weight is 300 g/mol. The second-order valence-corrected chi connectivity index (χ2v) is 5.98. The molecule has 22 heavy (non-hydrogen) atoms. The molecule has 0 spiro atoms. The molecule has 1 saturated heterocycles. The van der Waals surface area contributed by atoms with E-state index in [1.54, 1.807) is 13.3 Å². The molecule has 0 bridgehead atoms. The van der Waals surface area contributed by atoms with E-state index < -0.39 is 0 Å². The van der Waals surface area contributed by atoms with Crippen molar-refractivity contribution in [3.8, 4) is 5.75 Å². The van der Waals surface area contributed by atoms with E-state index in [0.717, 1.165) is 38.5 Å². The Labute approximate surface area is 131 Å². The Morgan fingerprint density at radius 1 is 1.36 bits per heavy atom. The summed E-state index contributed by atoms with van der Waals surface area (Å²) in [5, 5.41) is 4.28. The van der Waals surface area contributed by atoms with Gasteiger partial charge in [0.1, 0.15) is 5.75 Å². The molecule has 5 nitrogen and oxygen atoms in total. The molecule has 3 rings (SSSR count). The van der Waals surface area contributed by atoms with E-state index in [9.17, 15) is 0 Å². The monoisotopic (exact) mass is 300 g/mol. The van der Waals surface area contributed by atoms with Crippen LogP contribution in [0.2, 0.25) is 0 Å². The van der Waals surface area contributed by atoms with Gasteiger partial charge in [-0.25, -0.2) is 0 Å². The van der Waals surface area contributed by atoms with Crippen LogP contribution in [0, 0.1) is 5.92 Å². The van der Waals surface area contributed by atoms with Crippen LogP contribution >= 0.6 is 0 Å². The highest BCUT2D eigenvalue weighted by Gasteiger charge is 2.21. The minimum absolute atomic E-state index is 0.654. The predicted molar refractivity (Wildman–Crippen MR) is 86.8 cm³/mol. The Morgan fingerprint density at radius 2 is 2.27 bits per heavy atom. The van der Waals surface area contributed by atoms with Crippen molar-refractivity contribution < 1.29 is 4.74 Å². The number of ether oxygens (including phenoxy) is 1. The van der Waals surface area contributed by atoms with E-state index in [1.807, 2.05) is 16.9 Å². The van der Waals surface area contributed by atoms with Crippen LogP contribution in [0.25, 0.3) is 0 Å². The fraction of sp³-hybridized carbons (Fsp3) is 0.471. The highest BCUT2D eigenvalue weighted by atomic mass is 16.5. The van der Waals surface area contributed by atoms with Gasteiger partial charge in [-0.05, 0) is 49.2 Å². The van der Waals surface area contributed by atoms with Gasteiger partial charge in [-0.15, -0.1) is 0 Å². The van der Waals surface area contributed by atoms with Crippen LogP contribution in [-0.4, -0.2) is 41.4 Å². The molecule has 1 aromatic carbocycles. The second kappa shape index (κ2) is 6.94. The summed E-state index contributed by atoms with van der Waals surface area (Å²) < 4.78 is 7.40. The maximum absolute atomic E-state index is 5.77. The van der Waals surface area contributed by atoms with Crippen LogP contribution in [0.15, 0.2) is 36.7 Å². The topological polar surface area (TPSA) is 56.3 Å². The van der Waals surface area contributed by atoms with Crippen LogP contribution < -0.4 is 10.5 Å². The Morgan fingerprint density at radius 3 is 2.95 bits per heavy atom. The molecule has 1 aliphatic rings. The number of nitrogens with two attached hydrogens (primary N) is 1. The summed E-state index contributed by atoms with van der Waals surface area (Å²) >= 11 is 0. The lowest BCUT2D eigenvalue weighted by Crippen LogP contribution is -2.22. The summed E-state index contributed by atoms with van der Waals surface area (Å²) in [5.41, 5.74) is 8.26. The molecule has 1 aliphatic heterocycles. The summed E-state index contributed by atoms with van der Waals surface area (Å²) in [6, 6.07) is 8.38. The molecule has 5 heteroatoms. The van der Waals surface area contributed by atoms with Gasteiger partial charge in [0.05, 0.1) is 13.7 Å². The van der Waals surface area contributed by atoms with E-state index in [0.29, 0.717) is 5.92 Å². The molecule has 2 N–H and O–H groups in total. The van der Waals surface area contributed by atoms with Crippen LogP contribution in [0.1, 0.15) is 17.5 Å². The van der Waals surface area contributed by atoms with E-state index >= 15 is 0 Å². The SMILES string of the molecule is COc1ccc(CN2CC[C@@H](CN)C2)cc1Cn1cccn1. The highest BCUT2D eigenvalue weighted by Crippen LogP contribution is 2.23. The lowest BCUT2D eigenvalue weighted by molar-refractivity contribution is 0.317. The maximum Gasteiger partial charge on any atom is 0.123 e. The highest BCUT2D eigenvalue weighted by molar-refractivity contribution is 5.37. The molecule has 1 aromatic heterocycles. The van der Waals surface area contributed by atoms with Gasteiger partial charge in [0.2, 0.25) is 0 Å². The lowest BCUT2D eigenvalue weighted by Gasteiger charge is -2.17. The van der Waals surface area contributed by atoms with E-state index in [-0.39, 0.29) is 0 Å². The molecule has 1 fully saturated rings. The summed E-state index contributed by atoms with van der Waals surface area (Å²) in [6.45, 7) is 4.76. The van der Waals surface area contributed by atoms with Crippen molar-refractivity contribution in [3.05, 3.63) is 47.8 Å². The maximum atomic E-state index is 5.77. The van der Waals surface area contributed by atoms with Gasteiger partial charge < -0.3 is 10.5 Å². The number of likely N-dealkylation sites (tertiary alicyclic amines) is 1. The van der Waals surface area contributed by atoms with Gasteiger partial charge in [0, 0.05) is 31.0 Å². The quantitative estimate of drug-likeness (QED) is 0.882. The summed E-state index contributed by atoms with van der Waals surface area (Å²) in [7, 11) is 1.72. The molecular weight excluding hydrogens is 276 g/mol. The van der Waals surface area contributed by atoms with Crippen molar-refractivity contribution in [2.45, 2.75) is 19.5 Å². The Kier molecular flexibility index (Phi) is 4.75. The zero-order chi connectivity index (χ0) is 15.4. The first kappa shape index (κ1) is 15.1. The zero-order valence-electron chi connectivity index (χ0n) is 13.1. The number of nitrogens with zero attached hydrogens (tertiary/aromatic N) is 3. The van der Waals surface area contributed by atoms with Gasteiger partial charge in [-0.2, -0.15) is 5.10 Å². The number of rotatable bonds is 6. The molecule has 118 valence electrons. The molecule has 0 saturated carbocycles. The predicted octanol–water partition coefficient (Wildman–Crippen LogP) is 1.72. The van der Waals surface area contributed by atoms with Crippen LogP contribution in [0.4, 0.5) is 0 Å². The Bertz CT molecular complexity index is 597. The first-order valence-corrected chi connectivity index (χ1v) is 7.84. The van der Waals surface area contributed by atoms with E-state index in [2.05, 4.69) is 28.2 Å². The average Bonchev–Trinajstić information content (AvgIpc) is 3.19. The number of hydrogen-bond acceptors (Lipinski definition) is 4. The first-order valence-electron chi connectivity index (χ1n) is 7.84. The van der Waals surface area contributed by atoms with Crippen molar-refractivity contribution in [2.24, 2.45) is 11.7 Å². The van der Waals surface area contributed by atoms with Gasteiger partial charge in [-0.3, -0.25) is 9.58 Å². The summed E-state index contributed by atoms with van der Waals surface area (Å²) in [6.07, 6.45) is 4.98. The van der Waals surface area contributed by atoms with Gasteiger partial charge >= 0.3 is 0 Å². The van der Waals surface area contributed by atoms with Gasteiger partial charge in [0.15, 0.2) is 0 Å². The minimum Gasteiger partial charge on any atom is -0.496 e. The number of hydrogen-bond donors (Lipinski definition) is 1.